The Bertz CT molecular complexity index is 464. The predicted molar refractivity (Wildman–Crippen MR) is 86.3 cm³/mol. The van der Waals surface area contributed by atoms with Crippen LogP contribution in [-0.2, 0) is 30.4 Å². The first-order valence-corrected chi connectivity index (χ1v) is 7.94. The van der Waals surface area contributed by atoms with E-state index in [2.05, 4.69) is 67.0 Å². The van der Waals surface area contributed by atoms with Crippen LogP contribution in [0.25, 0.3) is 8.50 Å². The third-order valence-corrected chi connectivity index (χ3v) is 6.10. The lowest BCUT2D eigenvalue weighted by Gasteiger charge is -2.39. The molecular formula is C15H22N2OS2. The molecule has 0 aromatic carbocycles. The molecule has 0 aromatic heterocycles. The molecule has 2 fully saturated rings. The van der Waals surface area contributed by atoms with Crippen molar-refractivity contribution in [1.82, 2.24) is 0 Å². The quantitative estimate of drug-likeness (QED) is 0.732. The van der Waals surface area contributed by atoms with Crippen LogP contribution in [0.15, 0.2) is 0 Å². The van der Waals surface area contributed by atoms with Crippen LogP contribution >= 0.6 is 0 Å². The van der Waals surface area contributed by atoms with E-state index in [1.165, 1.54) is 12.8 Å². The molecule has 0 saturated heterocycles. The van der Waals surface area contributed by atoms with Gasteiger partial charge in [0.1, 0.15) is 12.8 Å². The Balaban J connectivity index is 2.07. The molecule has 0 unspecified atom stereocenters. The summed E-state index contributed by atoms with van der Waals surface area (Å²) in [5.74, 6) is 0.770. The Morgan fingerprint density at radius 2 is 1.80 bits per heavy atom. The zero-order valence-corrected chi connectivity index (χ0v) is 14.0. The Morgan fingerprint density at radius 3 is 2.20 bits per heavy atom. The Kier molecular flexibility index (Phi) is 4.74. The summed E-state index contributed by atoms with van der Waals surface area (Å²) >= 11 is 9.14. The molecule has 2 aliphatic rings. The molecule has 0 radical (unpaired) electrons. The van der Waals surface area contributed by atoms with Crippen molar-refractivity contribution in [3.8, 4) is 12.1 Å². The van der Waals surface area contributed by atoms with Gasteiger partial charge in [0.2, 0.25) is 0 Å². The van der Waals surface area contributed by atoms with Crippen LogP contribution in [0.2, 0.25) is 0 Å². The molecule has 5 heteroatoms. The first-order chi connectivity index (χ1) is 9.45. The van der Waals surface area contributed by atoms with E-state index in [-0.39, 0.29) is 11.5 Å². The first kappa shape index (κ1) is 15.8. The molecule has 0 heterocycles. The summed E-state index contributed by atoms with van der Waals surface area (Å²) in [7, 11) is 0. The highest BCUT2D eigenvalue weighted by Crippen LogP contribution is 2.66. The fourth-order valence-electron chi connectivity index (χ4n) is 4.01. The molecule has 20 heavy (non-hydrogen) atoms. The fraction of sp³-hybridized carbons (Fsp3) is 0.867. The largest absolute Gasteiger partial charge is 0.372 e. The maximum absolute atomic E-state index is 6.35. The number of hydrogen-bond donors (Lipinski definition) is 0. The molecule has 2 aliphatic carbocycles. The van der Waals surface area contributed by atoms with Gasteiger partial charge in [0.05, 0.1) is 12.2 Å². The van der Waals surface area contributed by atoms with Crippen LogP contribution in [0.4, 0.5) is 0 Å². The summed E-state index contributed by atoms with van der Waals surface area (Å²) in [4.78, 5) is 0. The van der Waals surface area contributed by atoms with E-state index in [1.54, 1.807) is 0 Å². The average Bonchev–Trinajstić information content (AvgIpc) is 2.74. The maximum atomic E-state index is 6.35. The molecule has 0 aliphatic heterocycles. The van der Waals surface area contributed by atoms with Crippen molar-refractivity contribution in [2.45, 2.75) is 65.1 Å². The van der Waals surface area contributed by atoms with Crippen LogP contribution in [-0.4, -0.2) is 12.2 Å². The van der Waals surface area contributed by atoms with Crippen molar-refractivity contribution in [1.29, 1.82) is 0 Å². The lowest BCUT2D eigenvalue weighted by Crippen LogP contribution is -2.39. The van der Waals surface area contributed by atoms with Crippen molar-refractivity contribution in [2.75, 3.05) is 0 Å². The Hall–Kier alpha value is -0.620. The number of hydrogen-bond acceptors (Lipinski definition) is 3. The van der Waals surface area contributed by atoms with Gasteiger partial charge in [0.15, 0.2) is 0 Å². The molecule has 2 rings (SSSR count). The van der Waals surface area contributed by atoms with Gasteiger partial charge < -0.3 is 4.74 Å². The van der Waals surface area contributed by atoms with E-state index < -0.39 is 0 Å². The van der Waals surface area contributed by atoms with E-state index in [0.717, 1.165) is 12.3 Å². The van der Waals surface area contributed by atoms with E-state index in [0.29, 0.717) is 24.4 Å². The lowest BCUT2D eigenvalue weighted by atomic mass is 9.70. The van der Waals surface area contributed by atoms with Crippen LogP contribution in [0.3, 0.4) is 0 Å². The number of ether oxygens (including phenoxy) is 1. The van der Waals surface area contributed by atoms with E-state index >= 15 is 0 Å². The van der Waals surface area contributed by atoms with Crippen LogP contribution in [0.1, 0.15) is 52.9 Å². The molecule has 2 bridgehead atoms. The summed E-state index contributed by atoms with van der Waals surface area (Å²) in [5.41, 5.74) is 0.611. The van der Waals surface area contributed by atoms with Gasteiger partial charge in [-0.2, -0.15) is 8.50 Å². The Morgan fingerprint density at radius 1 is 1.20 bits per heavy atom. The maximum Gasteiger partial charge on any atom is 0.255 e. The van der Waals surface area contributed by atoms with Gasteiger partial charge in [-0.1, -0.05) is 20.8 Å². The van der Waals surface area contributed by atoms with E-state index in [9.17, 15) is 0 Å². The number of fused-ring (bicyclic) bond motifs is 2. The van der Waals surface area contributed by atoms with Crippen molar-refractivity contribution in [3.05, 3.63) is 8.50 Å². The van der Waals surface area contributed by atoms with E-state index in [4.69, 9.17) is 4.74 Å². The third kappa shape index (κ3) is 2.60. The fourth-order valence-corrected chi connectivity index (χ4v) is 4.16. The van der Waals surface area contributed by atoms with Crippen LogP contribution < -0.4 is 0 Å². The molecule has 110 valence electrons. The van der Waals surface area contributed by atoms with Crippen LogP contribution in [0.5, 0.6) is 0 Å². The second kappa shape index (κ2) is 6.02. The zero-order valence-electron chi connectivity index (χ0n) is 12.4. The van der Waals surface area contributed by atoms with Crippen molar-refractivity contribution in [3.63, 3.8) is 0 Å². The minimum atomic E-state index is -0.0228. The normalized spacial score (nSPS) is 33.4. The van der Waals surface area contributed by atoms with Gasteiger partial charge in [-0.05, 0) is 36.0 Å². The molecule has 0 aromatic rings. The van der Waals surface area contributed by atoms with Gasteiger partial charge in [-0.25, -0.2) is 0 Å². The molecule has 0 spiro atoms. The SMILES string of the molecule is CC1(C)[C@@H]2CC[C@]1(C)[C@@H](OC(CC#[N+][S-])CC#[N+][S-])C2. The van der Waals surface area contributed by atoms with Crippen LogP contribution in [0, 0.1) is 28.9 Å². The molecule has 0 N–H and O–H groups in total. The Labute approximate surface area is 133 Å². The van der Waals surface area contributed by atoms with Gasteiger partial charge in [-0.15, -0.1) is 0 Å². The smallest absolute Gasteiger partial charge is 0.255 e. The minimum absolute atomic E-state index is 0.0228. The molecule has 0 amide bonds. The highest BCUT2D eigenvalue weighted by molar-refractivity contribution is 7.61. The lowest BCUT2D eigenvalue weighted by molar-refractivity contribution is -0.0827. The minimum Gasteiger partial charge on any atom is -0.372 e. The topological polar surface area (TPSA) is 17.9 Å². The van der Waals surface area contributed by atoms with Gasteiger partial charge >= 0.3 is 0 Å². The first-order valence-electron chi connectivity index (χ1n) is 7.21. The monoisotopic (exact) mass is 310 g/mol. The van der Waals surface area contributed by atoms with E-state index in [1.807, 2.05) is 0 Å². The predicted octanol–water partition coefficient (Wildman–Crippen LogP) is 3.96. The van der Waals surface area contributed by atoms with Crippen molar-refractivity contribution < 1.29 is 4.74 Å². The average molecular weight is 310 g/mol. The third-order valence-electron chi connectivity index (χ3n) is 5.84. The molecule has 3 nitrogen and oxygen atoms in total. The number of nitrogens with zero attached hydrogens (tertiary/aromatic N) is 2. The second-order valence-corrected chi connectivity index (χ2v) is 7.13. The molecule has 2 saturated carbocycles. The zero-order chi connectivity index (χ0) is 14.8. The summed E-state index contributed by atoms with van der Waals surface area (Å²) in [5, 5.41) is 0. The summed E-state index contributed by atoms with van der Waals surface area (Å²) in [6, 6.07) is 5.62. The standard InChI is InChI=1S/C15H22N2OS2/c1-14(2)11-4-7-15(14,3)13(10-11)18-12(5-8-16-19)6-9-17-20/h11-13H,4-7,10H2,1-3H3/t11-,13+,15-/m1/s1. The second-order valence-electron chi connectivity index (χ2n) is 6.76. The molecular weight excluding hydrogens is 288 g/mol. The summed E-state index contributed by atoms with van der Waals surface area (Å²) in [6.07, 6.45) is 5.16. The highest BCUT2D eigenvalue weighted by atomic mass is 32.1. The highest BCUT2D eigenvalue weighted by Gasteiger charge is 2.62. The van der Waals surface area contributed by atoms with Gasteiger partial charge in [0, 0.05) is 0 Å². The van der Waals surface area contributed by atoms with Gasteiger partial charge in [-0.3, -0.25) is 25.6 Å². The summed E-state index contributed by atoms with van der Waals surface area (Å²) in [6.45, 7) is 7.14. The van der Waals surface area contributed by atoms with Crippen molar-refractivity contribution in [2.24, 2.45) is 16.7 Å². The molecule has 3 atom stereocenters. The van der Waals surface area contributed by atoms with Gasteiger partial charge in [0.25, 0.3) is 12.1 Å². The summed E-state index contributed by atoms with van der Waals surface area (Å²) < 4.78 is 13.4. The van der Waals surface area contributed by atoms with Crippen molar-refractivity contribution >= 4 is 25.6 Å². The number of rotatable bonds is 4.